The van der Waals surface area contributed by atoms with E-state index >= 15 is 0 Å². The highest BCUT2D eigenvalue weighted by atomic mass is 19.1. The third-order valence-electron chi connectivity index (χ3n) is 6.35. The molecule has 164 valence electrons. The minimum atomic E-state index is -0.306. The molecule has 6 nitrogen and oxygen atoms in total. The number of nitrogens with one attached hydrogen (secondary N) is 1. The second-order valence-electron chi connectivity index (χ2n) is 8.40. The smallest absolute Gasteiger partial charge is 0.243 e. The summed E-state index contributed by atoms with van der Waals surface area (Å²) in [6.07, 6.45) is 5.53. The summed E-state index contributed by atoms with van der Waals surface area (Å²) >= 11 is 0. The summed E-state index contributed by atoms with van der Waals surface area (Å²) in [7, 11) is 0. The molecule has 3 heterocycles. The van der Waals surface area contributed by atoms with Gasteiger partial charge in [-0.25, -0.2) is 9.37 Å². The Bertz CT molecular complexity index is 1160. The number of fused-ring (bicyclic) bond motifs is 1. The number of benzene rings is 2. The van der Waals surface area contributed by atoms with E-state index in [1.807, 2.05) is 35.2 Å². The number of imidazole rings is 1. The molecular formula is C25H25FN4O2. The molecule has 1 N–H and O–H groups in total. The first-order valence-electron chi connectivity index (χ1n) is 11.1. The highest BCUT2D eigenvalue weighted by Gasteiger charge is 2.33. The van der Waals surface area contributed by atoms with Crippen LogP contribution in [0.15, 0.2) is 54.7 Å². The van der Waals surface area contributed by atoms with Gasteiger partial charge in [-0.05, 0) is 49.4 Å². The summed E-state index contributed by atoms with van der Waals surface area (Å²) in [5.41, 5.74) is 3.36. The molecule has 2 aliphatic rings. The predicted molar refractivity (Wildman–Crippen MR) is 119 cm³/mol. The lowest BCUT2D eigenvalue weighted by molar-refractivity contribution is -0.135. The zero-order valence-corrected chi connectivity index (χ0v) is 17.8. The maximum absolute atomic E-state index is 13.6. The van der Waals surface area contributed by atoms with E-state index in [0.29, 0.717) is 30.8 Å². The topological polar surface area (TPSA) is 69.3 Å². The second-order valence-corrected chi connectivity index (χ2v) is 8.40. The predicted octanol–water partition coefficient (Wildman–Crippen LogP) is 4.25. The van der Waals surface area contributed by atoms with E-state index in [9.17, 15) is 14.0 Å². The van der Waals surface area contributed by atoms with Gasteiger partial charge < -0.3 is 14.8 Å². The van der Waals surface area contributed by atoms with Crippen molar-refractivity contribution in [3.8, 4) is 11.3 Å². The van der Waals surface area contributed by atoms with Gasteiger partial charge in [0.15, 0.2) is 0 Å². The summed E-state index contributed by atoms with van der Waals surface area (Å²) in [6, 6.07) is 13.9. The van der Waals surface area contributed by atoms with E-state index in [-0.39, 0.29) is 30.2 Å². The minimum absolute atomic E-state index is 0.0167. The first-order valence-corrected chi connectivity index (χ1v) is 11.1. The number of aryl methyl sites for hydroxylation is 1. The molecule has 7 heteroatoms. The van der Waals surface area contributed by atoms with Gasteiger partial charge in [0.05, 0.1) is 17.9 Å². The van der Waals surface area contributed by atoms with Gasteiger partial charge in [0.25, 0.3) is 0 Å². The number of carbonyl (C=O) groups is 2. The van der Waals surface area contributed by atoms with Gasteiger partial charge in [-0.2, -0.15) is 0 Å². The zero-order valence-electron chi connectivity index (χ0n) is 17.8. The number of hydrogen-bond donors (Lipinski definition) is 1. The fourth-order valence-electron chi connectivity index (χ4n) is 4.72. The average Bonchev–Trinajstić information content (AvgIpc) is 3.31. The third kappa shape index (κ3) is 3.90. The number of carbonyl (C=O) groups excluding carboxylic acids is 2. The molecule has 0 spiro atoms. The van der Waals surface area contributed by atoms with Crippen molar-refractivity contribution >= 4 is 17.5 Å². The van der Waals surface area contributed by atoms with Crippen LogP contribution in [0.3, 0.4) is 0 Å². The Hall–Kier alpha value is -3.48. The summed E-state index contributed by atoms with van der Waals surface area (Å²) in [5, 5.41) is 0. The number of hydrogen-bond acceptors (Lipinski definition) is 3. The van der Waals surface area contributed by atoms with Gasteiger partial charge in [0.2, 0.25) is 11.8 Å². The number of H-pyrrole nitrogens is 1. The van der Waals surface area contributed by atoms with Gasteiger partial charge in [0.1, 0.15) is 18.2 Å². The number of aromatic amines is 1. The standard InChI is InChI=1S/C25H25FN4O2/c26-19-8-5-7-18(14-19)20-15-27-25(28-20)22-10-3-4-13-29(22)24(32)16-30-21-9-2-1-6-17(21)11-12-23(30)31/h1-2,5-9,14-15,22H,3-4,10-13,16H2,(H,27,28). The lowest BCUT2D eigenvalue weighted by Gasteiger charge is -2.37. The van der Waals surface area contributed by atoms with Crippen molar-refractivity contribution < 1.29 is 14.0 Å². The van der Waals surface area contributed by atoms with Gasteiger partial charge in [0, 0.05) is 24.2 Å². The molecule has 3 aromatic rings. The molecule has 2 aromatic carbocycles. The van der Waals surface area contributed by atoms with Crippen molar-refractivity contribution in [3.63, 3.8) is 0 Å². The molecule has 0 radical (unpaired) electrons. The van der Waals surface area contributed by atoms with Gasteiger partial charge in [-0.1, -0.05) is 30.3 Å². The summed E-state index contributed by atoms with van der Waals surface area (Å²) in [5.74, 6) is 0.294. The van der Waals surface area contributed by atoms with Crippen molar-refractivity contribution in [1.82, 2.24) is 14.9 Å². The fourth-order valence-corrected chi connectivity index (χ4v) is 4.72. The Kier molecular flexibility index (Phi) is 5.47. The molecule has 2 amide bonds. The van der Waals surface area contributed by atoms with Crippen molar-refractivity contribution in [2.75, 3.05) is 18.0 Å². The van der Waals surface area contributed by atoms with Gasteiger partial charge in [-0.3, -0.25) is 9.59 Å². The molecule has 1 atom stereocenters. The van der Waals surface area contributed by atoms with Crippen LogP contribution in [-0.4, -0.2) is 39.8 Å². The summed E-state index contributed by atoms with van der Waals surface area (Å²) in [4.78, 5) is 37.3. The number of rotatable bonds is 4. The van der Waals surface area contributed by atoms with Crippen LogP contribution in [0.4, 0.5) is 10.1 Å². The lowest BCUT2D eigenvalue weighted by atomic mass is 10.00. The number of para-hydroxylation sites is 1. The molecule has 0 saturated carbocycles. The van der Waals surface area contributed by atoms with Crippen molar-refractivity contribution in [2.24, 2.45) is 0 Å². The maximum atomic E-state index is 13.6. The second kappa shape index (κ2) is 8.57. The maximum Gasteiger partial charge on any atom is 0.243 e. The van der Waals surface area contributed by atoms with Crippen molar-refractivity contribution in [1.29, 1.82) is 0 Å². The Morgan fingerprint density at radius 3 is 2.88 bits per heavy atom. The van der Waals surface area contributed by atoms with Crippen LogP contribution in [0, 0.1) is 5.82 Å². The molecular weight excluding hydrogens is 407 g/mol. The van der Waals surface area contributed by atoms with E-state index < -0.39 is 0 Å². The molecule has 0 bridgehead atoms. The largest absolute Gasteiger partial charge is 0.340 e. The molecule has 2 aliphatic heterocycles. The Balaban J connectivity index is 1.37. The van der Waals surface area contributed by atoms with Crippen LogP contribution in [0.5, 0.6) is 0 Å². The number of nitrogens with zero attached hydrogens (tertiary/aromatic N) is 3. The normalized spacial score (nSPS) is 18.5. The molecule has 1 aromatic heterocycles. The Morgan fingerprint density at radius 2 is 2.00 bits per heavy atom. The first kappa shape index (κ1) is 20.4. The van der Waals surface area contributed by atoms with Gasteiger partial charge >= 0.3 is 0 Å². The number of anilines is 1. The van der Waals surface area contributed by atoms with E-state index in [1.54, 1.807) is 17.2 Å². The quantitative estimate of drug-likeness (QED) is 0.670. The minimum Gasteiger partial charge on any atom is -0.340 e. The van der Waals surface area contributed by atoms with Crippen molar-refractivity contribution in [3.05, 3.63) is 71.9 Å². The molecule has 1 unspecified atom stereocenters. The monoisotopic (exact) mass is 432 g/mol. The lowest BCUT2D eigenvalue weighted by Crippen LogP contribution is -2.47. The fraction of sp³-hybridized carbons (Fsp3) is 0.320. The summed E-state index contributed by atoms with van der Waals surface area (Å²) in [6.45, 7) is 0.660. The van der Waals surface area contributed by atoms with Crippen LogP contribution in [0.1, 0.15) is 43.1 Å². The van der Waals surface area contributed by atoms with Gasteiger partial charge in [-0.15, -0.1) is 0 Å². The first-order chi connectivity index (χ1) is 15.6. The number of aromatic nitrogens is 2. The van der Waals surface area contributed by atoms with Crippen LogP contribution < -0.4 is 4.90 Å². The van der Waals surface area contributed by atoms with E-state index in [0.717, 1.165) is 36.2 Å². The summed E-state index contributed by atoms with van der Waals surface area (Å²) < 4.78 is 13.6. The number of likely N-dealkylation sites (tertiary alicyclic amines) is 1. The van der Waals surface area contributed by atoms with E-state index in [1.165, 1.54) is 12.1 Å². The van der Waals surface area contributed by atoms with Crippen LogP contribution in [0.2, 0.25) is 0 Å². The molecule has 32 heavy (non-hydrogen) atoms. The SMILES string of the molecule is O=C1CCc2ccccc2N1CC(=O)N1CCCCC1c1ncc(-c2cccc(F)c2)[nH]1. The molecule has 1 saturated heterocycles. The molecule has 0 aliphatic carbocycles. The molecule has 1 fully saturated rings. The Morgan fingerprint density at radius 1 is 1.12 bits per heavy atom. The zero-order chi connectivity index (χ0) is 22.1. The number of amides is 2. The van der Waals surface area contributed by atoms with Crippen LogP contribution >= 0.6 is 0 Å². The van der Waals surface area contributed by atoms with E-state index in [4.69, 9.17) is 0 Å². The highest BCUT2D eigenvalue weighted by Crippen LogP contribution is 2.32. The third-order valence-corrected chi connectivity index (χ3v) is 6.35. The number of halogens is 1. The number of piperidine rings is 1. The Labute approximate surface area is 186 Å². The molecule has 5 rings (SSSR count). The average molecular weight is 432 g/mol. The van der Waals surface area contributed by atoms with Crippen molar-refractivity contribution in [2.45, 2.75) is 38.1 Å². The highest BCUT2D eigenvalue weighted by molar-refractivity contribution is 6.01. The van der Waals surface area contributed by atoms with Crippen LogP contribution in [0.25, 0.3) is 11.3 Å². The van der Waals surface area contributed by atoms with Crippen LogP contribution in [-0.2, 0) is 16.0 Å². The van der Waals surface area contributed by atoms with E-state index in [2.05, 4.69) is 9.97 Å².